The summed E-state index contributed by atoms with van der Waals surface area (Å²) in [5.41, 5.74) is 2.57. The predicted octanol–water partition coefficient (Wildman–Crippen LogP) is 2.14. The SMILES string of the molecule is C[C@H]1C[C@H](N2CCCc3ccccc32)C(=O)O1. The number of aryl methyl sites for hydroxylation is 1. The Labute approximate surface area is 101 Å². The molecule has 3 heteroatoms. The highest BCUT2D eigenvalue weighted by atomic mass is 16.6. The second-order valence-electron chi connectivity index (χ2n) is 4.92. The van der Waals surface area contributed by atoms with Gasteiger partial charge in [-0.2, -0.15) is 0 Å². The van der Waals surface area contributed by atoms with Gasteiger partial charge in [-0.1, -0.05) is 18.2 Å². The van der Waals surface area contributed by atoms with Gasteiger partial charge in [0.05, 0.1) is 0 Å². The number of ether oxygens (including phenoxy) is 1. The quantitative estimate of drug-likeness (QED) is 0.693. The molecule has 1 aromatic rings. The largest absolute Gasteiger partial charge is 0.461 e. The third-order valence-electron chi connectivity index (χ3n) is 3.67. The number of para-hydroxylation sites is 1. The van der Waals surface area contributed by atoms with Crippen LogP contribution in [-0.2, 0) is 16.0 Å². The number of esters is 1. The van der Waals surface area contributed by atoms with Crippen LogP contribution in [0.15, 0.2) is 24.3 Å². The minimum atomic E-state index is -0.0774. The van der Waals surface area contributed by atoms with E-state index in [-0.39, 0.29) is 18.1 Å². The Balaban J connectivity index is 1.93. The third kappa shape index (κ3) is 1.79. The standard InChI is InChI=1S/C14H17NO2/c1-10-9-13(14(16)17-10)15-8-4-6-11-5-2-3-7-12(11)15/h2-3,5,7,10,13H,4,6,8-9H2,1H3/t10-,13-/m0/s1. The van der Waals surface area contributed by atoms with E-state index in [0.717, 1.165) is 25.8 Å². The second kappa shape index (κ2) is 4.06. The van der Waals surface area contributed by atoms with Gasteiger partial charge in [-0.15, -0.1) is 0 Å². The Morgan fingerprint density at radius 2 is 2.18 bits per heavy atom. The molecule has 0 aromatic heterocycles. The summed E-state index contributed by atoms with van der Waals surface area (Å²) in [6, 6.07) is 8.31. The van der Waals surface area contributed by atoms with E-state index in [9.17, 15) is 4.79 Å². The maximum atomic E-state index is 11.8. The molecule has 2 aliphatic rings. The number of cyclic esters (lactones) is 1. The molecule has 0 spiro atoms. The van der Waals surface area contributed by atoms with Gasteiger partial charge < -0.3 is 9.64 Å². The van der Waals surface area contributed by atoms with Crippen LogP contribution in [0, 0.1) is 0 Å². The van der Waals surface area contributed by atoms with Crippen LogP contribution in [0.3, 0.4) is 0 Å². The van der Waals surface area contributed by atoms with E-state index < -0.39 is 0 Å². The molecule has 1 aromatic carbocycles. The number of fused-ring (bicyclic) bond motifs is 1. The number of hydrogen-bond donors (Lipinski definition) is 0. The average Bonchev–Trinajstić information content (AvgIpc) is 2.68. The lowest BCUT2D eigenvalue weighted by Gasteiger charge is -2.34. The molecule has 3 rings (SSSR count). The first-order chi connectivity index (χ1) is 8.25. The highest BCUT2D eigenvalue weighted by Gasteiger charge is 2.37. The first-order valence-electron chi connectivity index (χ1n) is 6.31. The maximum Gasteiger partial charge on any atom is 0.329 e. The van der Waals surface area contributed by atoms with Crippen LogP contribution in [0.4, 0.5) is 5.69 Å². The molecule has 0 radical (unpaired) electrons. The molecule has 0 amide bonds. The highest BCUT2D eigenvalue weighted by molar-refractivity contribution is 5.82. The van der Waals surface area contributed by atoms with E-state index in [2.05, 4.69) is 23.1 Å². The zero-order valence-corrected chi connectivity index (χ0v) is 10.1. The molecule has 2 aliphatic heterocycles. The van der Waals surface area contributed by atoms with Gasteiger partial charge in [-0.05, 0) is 31.4 Å². The Morgan fingerprint density at radius 3 is 2.94 bits per heavy atom. The summed E-state index contributed by atoms with van der Waals surface area (Å²) >= 11 is 0. The molecular formula is C14H17NO2. The minimum absolute atomic E-state index is 0.0570. The minimum Gasteiger partial charge on any atom is -0.461 e. The molecule has 1 saturated heterocycles. The fraction of sp³-hybridized carbons (Fsp3) is 0.500. The molecule has 2 atom stereocenters. The Kier molecular flexibility index (Phi) is 2.54. The molecule has 17 heavy (non-hydrogen) atoms. The number of carbonyl (C=O) groups excluding carboxylic acids is 1. The zero-order valence-electron chi connectivity index (χ0n) is 10.1. The molecule has 3 nitrogen and oxygen atoms in total. The number of carbonyl (C=O) groups is 1. The molecular weight excluding hydrogens is 214 g/mol. The normalized spacial score (nSPS) is 27.8. The number of anilines is 1. The van der Waals surface area contributed by atoms with Crippen molar-refractivity contribution < 1.29 is 9.53 Å². The lowest BCUT2D eigenvalue weighted by Crippen LogP contribution is -2.41. The topological polar surface area (TPSA) is 29.5 Å². The predicted molar refractivity (Wildman–Crippen MR) is 66.1 cm³/mol. The van der Waals surface area contributed by atoms with Crippen LogP contribution in [-0.4, -0.2) is 24.7 Å². The van der Waals surface area contributed by atoms with Crippen molar-refractivity contribution >= 4 is 11.7 Å². The van der Waals surface area contributed by atoms with Crippen LogP contribution in [0.25, 0.3) is 0 Å². The van der Waals surface area contributed by atoms with Crippen LogP contribution in [0.5, 0.6) is 0 Å². The van der Waals surface area contributed by atoms with Crippen LogP contribution < -0.4 is 4.90 Å². The smallest absolute Gasteiger partial charge is 0.329 e. The van der Waals surface area contributed by atoms with E-state index in [1.165, 1.54) is 11.3 Å². The number of nitrogens with zero attached hydrogens (tertiary/aromatic N) is 1. The molecule has 0 aliphatic carbocycles. The molecule has 0 saturated carbocycles. The number of rotatable bonds is 1. The van der Waals surface area contributed by atoms with Gasteiger partial charge in [0.15, 0.2) is 0 Å². The average molecular weight is 231 g/mol. The number of benzene rings is 1. The van der Waals surface area contributed by atoms with E-state index in [4.69, 9.17) is 4.74 Å². The summed E-state index contributed by atoms with van der Waals surface area (Å²) < 4.78 is 5.26. The fourth-order valence-electron chi connectivity index (χ4n) is 2.88. The molecule has 0 unspecified atom stereocenters. The Bertz CT molecular complexity index is 444. The maximum absolute atomic E-state index is 11.8. The van der Waals surface area contributed by atoms with Crippen molar-refractivity contribution in [2.75, 3.05) is 11.4 Å². The first-order valence-corrected chi connectivity index (χ1v) is 6.31. The van der Waals surface area contributed by atoms with Crippen LogP contribution in [0.1, 0.15) is 25.3 Å². The van der Waals surface area contributed by atoms with Crippen molar-refractivity contribution in [3.8, 4) is 0 Å². The van der Waals surface area contributed by atoms with Gasteiger partial charge in [0.1, 0.15) is 12.1 Å². The molecule has 1 fully saturated rings. The van der Waals surface area contributed by atoms with E-state index >= 15 is 0 Å². The highest BCUT2D eigenvalue weighted by Crippen LogP contribution is 2.32. The van der Waals surface area contributed by atoms with Crippen molar-refractivity contribution in [1.82, 2.24) is 0 Å². The van der Waals surface area contributed by atoms with E-state index in [1.807, 2.05) is 13.0 Å². The Morgan fingerprint density at radius 1 is 1.35 bits per heavy atom. The van der Waals surface area contributed by atoms with Gasteiger partial charge in [-0.3, -0.25) is 0 Å². The van der Waals surface area contributed by atoms with Crippen molar-refractivity contribution in [2.24, 2.45) is 0 Å². The Hall–Kier alpha value is -1.51. The molecule has 90 valence electrons. The van der Waals surface area contributed by atoms with Gasteiger partial charge in [0.25, 0.3) is 0 Å². The van der Waals surface area contributed by atoms with Crippen molar-refractivity contribution in [3.63, 3.8) is 0 Å². The van der Waals surface area contributed by atoms with Gasteiger partial charge in [0, 0.05) is 18.7 Å². The van der Waals surface area contributed by atoms with Crippen LogP contribution >= 0.6 is 0 Å². The molecule has 0 N–H and O–H groups in total. The summed E-state index contributed by atoms with van der Waals surface area (Å²) in [6.07, 6.45) is 3.10. The summed E-state index contributed by atoms with van der Waals surface area (Å²) in [5, 5.41) is 0. The van der Waals surface area contributed by atoms with Crippen molar-refractivity contribution in [1.29, 1.82) is 0 Å². The van der Waals surface area contributed by atoms with Gasteiger partial charge >= 0.3 is 5.97 Å². The fourth-order valence-corrected chi connectivity index (χ4v) is 2.88. The molecule has 2 heterocycles. The summed E-state index contributed by atoms with van der Waals surface area (Å²) in [5.74, 6) is -0.0609. The van der Waals surface area contributed by atoms with E-state index in [0.29, 0.717) is 0 Å². The van der Waals surface area contributed by atoms with Crippen LogP contribution in [0.2, 0.25) is 0 Å². The van der Waals surface area contributed by atoms with Crippen molar-refractivity contribution in [3.05, 3.63) is 29.8 Å². The van der Waals surface area contributed by atoms with Crippen molar-refractivity contribution in [2.45, 2.75) is 38.3 Å². The number of hydrogen-bond acceptors (Lipinski definition) is 3. The zero-order chi connectivity index (χ0) is 11.8. The van der Waals surface area contributed by atoms with Gasteiger partial charge in [-0.25, -0.2) is 4.79 Å². The lowest BCUT2D eigenvalue weighted by atomic mass is 9.99. The third-order valence-corrected chi connectivity index (χ3v) is 3.67. The molecule has 0 bridgehead atoms. The van der Waals surface area contributed by atoms with Gasteiger partial charge in [0.2, 0.25) is 0 Å². The second-order valence-corrected chi connectivity index (χ2v) is 4.92. The summed E-state index contributed by atoms with van der Waals surface area (Å²) in [6.45, 7) is 2.93. The van der Waals surface area contributed by atoms with E-state index in [1.54, 1.807) is 0 Å². The summed E-state index contributed by atoms with van der Waals surface area (Å²) in [4.78, 5) is 14.1. The lowest BCUT2D eigenvalue weighted by molar-refractivity contribution is -0.141. The first kappa shape index (κ1) is 10.6. The summed E-state index contributed by atoms with van der Waals surface area (Å²) in [7, 11) is 0. The monoisotopic (exact) mass is 231 g/mol.